The fourth-order valence-corrected chi connectivity index (χ4v) is 2.94. The molecule has 0 aliphatic heterocycles. The van der Waals surface area contributed by atoms with Gasteiger partial charge in [-0.2, -0.15) is 5.10 Å². The number of nitrogens with one attached hydrogen (secondary N) is 1. The second kappa shape index (κ2) is 8.24. The molecule has 1 fully saturated rings. The second-order valence-electron chi connectivity index (χ2n) is 6.72. The van der Waals surface area contributed by atoms with Crippen molar-refractivity contribution >= 4 is 5.91 Å². The molecule has 7 heteroatoms. The largest absolute Gasteiger partial charge is 0.493 e. The molecule has 1 heterocycles. The highest BCUT2D eigenvalue weighted by atomic mass is 16.5. The van der Waals surface area contributed by atoms with E-state index in [1.54, 1.807) is 27.2 Å². The first-order valence-corrected chi connectivity index (χ1v) is 9.12. The summed E-state index contributed by atoms with van der Waals surface area (Å²) >= 11 is 0. The van der Waals surface area contributed by atoms with E-state index in [2.05, 4.69) is 10.4 Å². The average Bonchev–Trinajstić information content (AvgIpc) is 3.52. The van der Waals surface area contributed by atoms with Crippen LogP contribution in [0.2, 0.25) is 0 Å². The van der Waals surface area contributed by atoms with Gasteiger partial charge in [-0.25, -0.2) is 4.68 Å². The quantitative estimate of drug-likeness (QED) is 0.768. The summed E-state index contributed by atoms with van der Waals surface area (Å²) < 4.78 is 11.8. The molecule has 1 aromatic carbocycles. The summed E-state index contributed by atoms with van der Waals surface area (Å²) in [4.78, 5) is 24.5. The molecule has 1 aliphatic rings. The van der Waals surface area contributed by atoms with Gasteiger partial charge in [-0.15, -0.1) is 0 Å². The first-order valence-electron chi connectivity index (χ1n) is 9.12. The van der Waals surface area contributed by atoms with Crippen molar-refractivity contribution in [1.29, 1.82) is 0 Å². The normalized spacial score (nSPS) is 14.5. The Bertz CT molecular complexity index is 874. The van der Waals surface area contributed by atoms with E-state index < -0.39 is 6.04 Å². The second-order valence-corrected chi connectivity index (χ2v) is 6.72. The molecular weight excluding hydrogens is 346 g/mol. The molecule has 1 unspecified atom stereocenters. The number of carbonyl (C=O) groups is 1. The first kappa shape index (κ1) is 18.9. The number of rotatable bonds is 8. The van der Waals surface area contributed by atoms with Crippen molar-refractivity contribution < 1.29 is 14.3 Å². The summed E-state index contributed by atoms with van der Waals surface area (Å²) in [6.07, 6.45) is 2.83. The van der Waals surface area contributed by atoms with E-state index in [1.807, 2.05) is 18.2 Å². The van der Waals surface area contributed by atoms with Crippen LogP contribution >= 0.6 is 0 Å². The maximum atomic E-state index is 12.5. The van der Waals surface area contributed by atoms with Crippen LogP contribution in [0, 0.1) is 0 Å². The lowest BCUT2D eigenvalue weighted by molar-refractivity contribution is -0.124. The molecular formula is C20H25N3O4. The number of benzene rings is 1. The zero-order chi connectivity index (χ0) is 19.4. The zero-order valence-electron chi connectivity index (χ0n) is 15.9. The van der Waals surface area contributed by atoms with E-state index in [0.717, 1.165) is 24.1 Å². The van der Waals surface area contributed by atoms with Gasteiger partial charge in [-0.1, -0.05) is 6.07 Å². The van der Waals surface area contributed by atoms with E-state index in [4.69, 9.17) is 9.47 Å². The Morgan fingerprint density at radius 3 is 2.63 bits per heavy atom. The highest BCUT2D eigenvalue weighted by molar-refractivity contribution is 5.79. The summed E-state index contributed by atoms with van der Waals surface area (Å²) in [6.45, 7) is 2.15. The molecule has 1 amide bonds. The average molecular weight is 371 g/mol. The molecule has 2 aromatic rings. The molecule has 1 N–H and O–H groups in total. The van der Waals surface area contributed by atoms with Crippen molar-refractivity contribution in [1.82, 2.24) is 15.1 Å². The Hall–Kier alpha value is -2.83. The summed E-state index contributed by atoms with van der Waals surface area (Å²) in [6, 6.07) is 8.26. The molecule has 0 saturated heterocycles. The molecule has 0 bridgehead atoms. The number of amides is 1. The minimum absolute atomic E-state index is 0.224. The first-order chi connectivity index (χ1) is 13.0. The number of hydrogen-bond acceptors (Lipinski definition) is 5. The number of carbonyl (C=O) groups excluding carboxylic acids is 1. The van der Waals surface area contributed by atoms with E-state index in [-0.39, 0.29) is 11.5 Å². The van der Waals surface area contributed by atoms with Crippen molar-refractivity contribution in [3.8, 4) is 11.5 Å². The minimum atomic E-state index is -0.651. The van der Waals surface area contributed by atoms with Crippen molar-refractivity contribution in [2.24, 2.45) is 0 Å². The topological polar surface area (TPSA) is 82.5 Å². The summed E-state index contributed by atoms with van der Waals surface area (Å²) in [7, 11) is 3.18. The van der Waals surface area contributed by atoms with Gasteiger partial charge in [-0.3, -0.25) is 9.59 Å². The van der Waals surface area contributed by atoms with Gasteiger partial charge < -0.3 is 14.8 Å². The third kappa shape index (κ3) is 4.48. The van der Waals surface area contributed by atoms with Gasteiger partial charge in [0.1, 0.15) is 6.04 Å². The standard InChI is InChI=1S/C20H25N3O4/c1-13(23-19(24)9-7-16(22-23)15-5-6-15)20(25)21-11-10-14-4-8-17(26-2)18(12-14)27-3/h4,7-9,12-13,15H,5-6,10-11H2,1-3H3,(H,21,25). The fraction of sp³-hybridized carbons (Fsp3) is 0.450. The predicted molar refractivity (Wildman–Crippen MR) is 101 cm³/mol. The van der Waals surface area contributed by atoms with Gasteiger partial charge in [0.2, 0.25) is 5.91 Å². The predicted octanol–water partition coefficient (Wildman–Crippen LogP) is 2.06. The van der Waals surface area contributed by atoms with Crippen LogP contribution in [-0.4, -0.2) is 36.5 Å². The highest BCUT2D eigenvalue weighted by Crippen LogP contribution is 2.38. The smallest absolute Gasteiger partial charge is 0.267 e. The number of nitrogens with zero attached hydrogens (tertiary/aromatic N) is 2. The summed E-state index contributed by atoms with van der Waals surface area (Å²) in [5.74, 6) is 1.53. The molecule has 0 radical (unpaired) electrons. The van der Waals surface area contributed by atoms with Crippen molar-refractivity contribution in [2.45, 2.75) is 38.1 Å². The van der Waals surface area contributed by atoms with Gasteiger partial charge in [-0.05, 0) is 49.9 Å². The Balaban J connectivity index is 1.59. The van der Waals surface area contributed by atoms with Crippen LogP contribution in [0.3, 0.4) is 0 Å². The fourth-order valence-electron chi connectivity index (χ4n) is 2.94. The van der Waals surface area contributed by atoms with E-state index in [1.165, 1.54) is 10.7 Å². The maximum Gasteiger partial charge on any atom is 0.267 e. The Morgan fingerprint density at radius 1 is 1.22 bits per heavy atom. The van der Waals surface area contributed by atoms with E-state index >= 15 is 0 Å². The van der Waals surface area contributed by atoms with Crippen LogP contribution in [0.4, 0.5) is 0 Å². The van der Waals surface area contributed by atoms with Gasteiger partial charge in [0.15, 0.2) is 11.5 Å². The third-order valence-corrected chi connectivity index (χ3v) is 4.75. The Kier molecular flexibility index (Phi) is 5.78. The molecule has 144 valence electrons. The van der Waals surface area contributed by atoms with E-state index in [9.17, 15) is 9.59 Å². The molecule has 27 heavy (non-hydrogen) atoms. The Morgan fingerprint density at radius 2 is 1.96 bits per heavy atom. The molecule has 0 spiro atoms. The number of ether oxygens (including phenoxy) is 2. The van der Waals surface area contributed by atoms with Gasteiger partial charge in [0.25, 0.3) is 5.56 Å². The van der Waals surface area contributed by atoms with E-state index in [0.29, 0.717) is 30.4 Å². The van der Waals surface area contributed by atoms with Crippen molar-refractivity contribution in [3.05, 3.63) is 51.9 Å². The molecule has 1 aliphatic carbocycles. The summed E-state index contributed by atoms with van der Waals surface area (Å²) in [5, 5.41) is 7.25. The van der Waals surface area contributed by atoms with Crippen LogP contribution in [0.15, 0.2) is 35.1 Å². The van der Waals surface area contributed by atoms with Gasteiger partial charge in [0.05, 0.1) is 19.9 Å². The van der Waals surface area contributed by atoms with Crippen LogP contribution in [-0.2, 0) is 11.2 Å². The van der Waals surface area contributed by atoms with Gasteiger partial charge in [0, 0.05) is 18.5 Å². The van der Waals surface area contributed by atoms with Crippen LogP contribution in [0.25, 0.3) is 0 Å². The van der Waals surface area contributed by atoms with Crippen LogP contribution < -0.4 is 20.3 Å². The lowest BCUT2D eigenvalue weighted by Gasteiger charge is -2.15. The van der Waals surface area contributed by atoms with Gasteiger partial charge >= 0.3 is 0 Å². The number of hydrogen-bond donors (Lipinski definition) is 1. The molecule has 7 nitrogen and oxygen atoms in total. The lowest BCUT2D eigenvalue weighted by atomic mass is 10.1. The Labute approximate surface area is 158 Å². The molecule has 1 atom stereocenters. The minimum Gasteiger partial charge on any atom is -0.493 e. The third-order valence-electron chi connectivity index (χ3n) is 4.75. The van der Waals surface area contributed by atoms with Crippen molar-refractivity contribution in [2.75, 3.05) is 20.8 Å². The van der Waals surface area contributed by atoms with Crippen LogP contribution in [0.1, 0.15) is 43.0 Å². The highest BCUT2D eigenvalue weighted by Gasteiger charge is 2.27. The molecule has 3 rings (SSSR count). The summed E-state index contributed by atoms with van der Waals surface area (Å²) in [5.41, 5.74) is 1.65. The van der Waals surface area contributed by atoms with Crippen molar-refractivity contribution in [3.63, 3.8) is 0 Å². The van der Waals surface area contributed by atoms with Crippen LogP contribution in [0.5, 0.6) is 11.5 Å². The number of methoxy groups -OCH3 is 2. The number of aromatic nitrogens is 2. The zero-order valence-corrected chi connectivity index (χ0v) is 15.9. The monoisotopic (exact) mass is 371 g/mol. The maximum absolute atomic E-state index is 12.5. The molecule has 1 aromatic heterocycles. The lowest BCUT2D eigenvalue weighted by Crippen LogP contribution is -2.38. The SMILES string of the molecule is COc1ccc(CCNC(=O)C(C)n2nc(C3CC3)ccc2=O)cc1OC. The molecule has 1 saturated carbocycles.